The van der Waals surface area contributed by atoms with E-state index < -0.39 is 5.54 Å². The molecule has 0 heterocycles. The Kier molecular flexibility index (Phi) is 6.98. The highest BCUT2D eigenvalue weighted by atomic mass is 35.5. The maximum Gasteiger partial charge on any atom is 0.240 e. The molecule has 0 aromatic heterocycles. The largest absolute Gasteiger partial charge is 0.351 e. The quantitative estimate of drug-likeness (QED) is 0.840. The zero-order valence-electron chi connectivity index (χ0n) is 11.8. The molecule has 0 aromatic carbocycles. The second-order valence-electron chi connectivity index (χ2n) is 5.72. The van der Waals surface area contributed by atoms with Crippen molar-refractivity contribution in [2.75, 3.05) is 5.75 Å². The van der Waals surface area contributed by atoms with Gasteiger partial charge in [0, 0.05) is 11.3 Å². The van der Waals surface area contributed by atoms with Crippen LogP contribution in [0.3, 0.4) is 0 Å². The Morgan fingerprint density at radius 3 is 2.58 bits per heavy atom. The summed E-state index contributed by atoms with van der Waals surface area (Å²) in [6.45, 7) is 2.19. The van der Waals surface area contributed by atoms with Crippen LogP contribution in [0.4, 0.5) is 0 Å². The monoisotopic (exact) mass is 306 g/mol. The molecule has 2 aliphatic carbocycles. The third-order valence-corrected chi connectivity index (χ3v) is 5.67. The number of hydrogen-bond donors (Lipinski definition) is 2. The van der Waals surface area contributed by atoms with Gasteiger partial charge >= 0.3 is 0 Å². The van der Waals surface area contributed by atoms with Crippen LogP contribution < -0.4 is 11.1 Å². The first-order valence-corrected chi connectivity index (χ1v) is 8.42. The van der Waals surface area contributed by atoms with E-state index in [9.17, 15) is 4.79 Å². The molecule has 3 N–H and O–H groups in total. The van der Waals surface area contributed by atoms with Crippen molar-refractivity contribution in [2.24, 2.45) is 5.73 Å². The summed E-state index contributed by atoms with van der Waals surface area (Å²) in [6.07, 6.45) is 8.74. The highest BCUT2D eigenvalue weighted by Crippen LogP contribution is 2.31. The second kappa shape index (κ2) is 7.75. The van der Waals surface area contributed by atoms with Crippen molar-refractivity contribution < 1.29 is 4.79 Å². The van der Waals surface area contributed by atoms with Gasteiger partial charge in [-0.05, 0) is 31.4 Å². The van der Waals surface area contributed by atoms with E-state index in [0.29, 0.717) is 11.3 Å². The highest BCUT2D eigenvalue weighted by molar-refractivity contribution is 7.99. The number of halogens is 1. The Hall–Kier alpha value is 0.0700. The number of nitrogens with one attached hydrogen (secondary N) is 1. The molecule has 0 radical (unpaired) electrons. The lowest BCUT2D eigenvalue weighted by molar-refractivity contribution is -0.128. The molecule has 0 aromatic rings. The standard InChI is InChI=1S/C14H26N2OS.ClH/c1-2-18-12-8-6-7-11(12)16-13(17)14(15)9-4-3-5-10-14;/h11-12H,2-10,15H2,1H3,(H,16,17);1H. The fourth-order valence-corrected chi connectivity index (χ4v) is 4.42. The first-order chi connectivity index (χ1) is 8.65. The van der Waals surface area contributed by atoms with Gasteiger partial charge in [0.15, 0.2) is 0 Å². The van der Waals surface area contributed by atoms with Gasteiger partial charge in [0.05, 0.1) is 5.54 Å². The summed E-state index contributed by atoms with van der Waals surface area (Å²) >= 11 is 1.98. The van der Waals surface area contributed by atoms with E-state index in [-0.39, 0.29) is 18.3 Å². The molecule has 2 aliphatic rings. The SMILES string of the molecule is CCSC1CCCC1NC(=O)C1(N)CCCCC1.Cl. The van der Waals surface area contributed by atoms with Crippen molar-refractivity contribution in [1.82, 2.24) is 5.32 Å². The Morgan fingerprint density at radius 2 is 1.95 bits per heavy atom. The van der Waals surface area contributed by atoms with Crippen LogP contribution in [-0.2, 0) is 4.79 Å². The van der Waals surface area contributed by atoms with Gasteiger partial charge in [-0.15, -0.1) is 12.4 Å². The highest BCUT2D eigenvalue weighted by Gasteiger charge is 2.38. The van der Waals surface area contributed by atoms with Crippen molar-refractivity contribution in [3.05, 3.63) is 0 Å². The molecule has 0 aliphatic heterocycles. The van der Waals surface area contributed by atoms with E-state index >= 15 is 0 Å². The molecular formula is C14H27ClN2OS. The van der Waals surface area contributed by atoms with E-state index in [4.69, 9.17) is 5.73 Å². The average molecular weight is 307 g/mol. The molecule has 19 heavy (non-hydrogen) atoms. The first kappa shape index (κ1) is 17.1. The van der Waals surface area contributed by atoms with E-state index in [1.165, 1.54) is 19.3 Å². The molecule has 1 amide bonds. The lowest BCUT2D eigenvalue weighted by atomic mass is 9.81. The fraction of sp³-hybridized carbons (Fsp3) is 0.929. The smallest absolute Gasteiger partial charge is 0.240 e. The zero-order chi connectivity index (χ0) is 13.0. The Morgan fingerprint density at radius 1 is 1.26 bits per heavy atom. The van der Waals surface area contributed by atoms with Gasteiger partial charge in [-0.1, -0.05) is 32.6 Å². The lowest BCUT2D eigenvalue weighted by Crippen LogP contribution is -2.57. The van der Waals surface area contributed by atoms with E-state index in [1.54, 1.807) is 0 Å². The third-order valence-electron chi connectivity index (χ3n) is 4.35. The lowest BCUT2D eigenvalue weighted by Gasteiger charge is -2.34. The minimum Gasteiger partial charge on any atom is -0.351 e. The zero-order valence-corrected chi connectivity index (χ0v) is 13.5. The number of hydrogen-bond acceptors (Lipinski definition) is 3. The van der Waals surface area contributed by atoms with Crippen LogP contribution >= 0.6 is 24.2 Å². The fourth-order valence-electron chi connectivity index (χ4n) is 3.23. The van der Waals surface area contributed by atoms with Crippen LogP contribution in [0.15, 0.2) is 0 Å². The molecule has 2 rings (SSSR count). The van der Waals surface area contributed by atoms with E-state index in [2.05, 4.69) is 12.2 Å². The van der Waals surface area contributed by atoms with Crippen LogP contribution in [0.5, 0.6) is 0 Å². The Balaban J connectivity index is 0.00000180. The number of amides is 1. The van der Waals surface area contributed by atoms with Crippen molar-refractivity contribution in [1.29, 1.82) is 0 Å². The molecule has 2 saturated carbocycles. The predicted octanol–water partition coefficient (Wildman–Crippen LogP) is 2.86. The van der Waals surface area contributed by atoms with Crippen LogP contribution in [0, 0.1) is 0 Å². The van der Waals surface area contributed by atoms with Crippen molar-refractivity contribution >= 4 is 30.1 Å². The van der Waals surface area contributed by atoms with Crippen LogP contribution in [0.1, 0.15) is 58.3 Å². The first-order valence-electron chi connectivity index (χ1n) is 7.37. The summed E-state index contributed by atoms with van der Waals surface area (Å²) in [7, 11) is 0. The molecular weight excluding hydrogens is 280 g/mol. The topological polar surface area (TPSA) is 55.1 Å². The molecule has 2 atom stereocenters. The summed E-state index contributed by atoms with van der Waals surface area (Å²) in [5.41, 5.74) is 5.70. The minimum atomic E-state index is -0.581. The second-order valence-corrected chi connectivity index (χ2v) is 7.24. The normalized spacial score (nSPS) is 29.6. The Labute approximate surface area is 127 Å². The number of carbonyl (C=O) groups excluding carboxylic acids is 1. The van der Waals surface area contributed by atoms with Crippen LogP contribution in [0.25, 0.3) is 0 Å². The molecule has 112 valence electrons. The molecule has 0 saturated heterocycles. The van der Waals surface area contributed by atoms with E-state index in [1.807, 2.05) is 11.8 Å². The van der Waals surface area contributed by atoms with Crippen molar-refractivity contribution in [2.45, 2.75) is 75.1 Å². The maximum absolute atomic E-state index is 12.4. The van der Waals surface area contributed by atoms with E-state index in [0.717, 1.165) is 37.9 Å². The van der Waals surface area contributed by atoms with Gasteiger partial charge in [0.25, 0.3) is 0 Å². The number of rotatable bonds is 4. The number of nitrogens with two attached hydrogens (primary N) is 1. The summed E-state index contributed by atoms with van der Waals surface area (Å²) < 4.78 is 0. The summed E-state index contributed by atoms with van der Waals surface area (Å²) in [5.74, 6) is 1.24. The van der Waals surface area contributed by atoms with Gasteiger partial charge in [0.1, 0.15) is 0 Å². The molecule has 5 heteroatoms. The van der Waals surface area contributed by atoms with Gasteiger partial charge in [-0.2, -0.15) is 11.8 Å². The molecule has 0 spiro atoms. The van der Waals surface area contributed by atoms with Gasteiger partial charge < -0.3 is 11.1 Å². The number of thioether (sulfide) groups is 1. The minimum absolute atomic E-state index is 0. The van der Waals surface area contributed by atoms with Gasteiger partial charge in [0.2, 0.25) is 5.91 Å². The van der Waals surface area contributed by atoms with Gasteiger partial charge in [-0.25, -0.2) is 0 Å². The maximum atomic E-state index is 12.4. The van der Waals surface area contributed by atoms with Gasteiger partial charge in [-0.3, -0.25) is 4.79 Å². The third kappa shape index (κ3) is 4.27. The average Bonchev–Trinajstić information content (AvgIpc) is 2.78. The van der Waals surface area contributed by atoms with Crippen molar-refractivity contribution in [3.8, 4) is 0 Å². The number of carbonyl (C=O) groups is 1. The summed E-state index contributed by atoms with van der Waals surface area (Å²) in [6, 6.07) is 0.352. The van der Waals surface area contributed by atoms with Crippen LogP contribution in [-0.4, -0.2) is 28.5 Å². The molecule has 3 nitrogen and oxygen atoms in total. The van der Waals surface area contributed by atoms with Crippen molar-refractivity contribution in [3.63, 3.8) is 0 Å². The molecule has 0 bridgehead atoms. The molecule has 2 unspecified atom stereocenters. The van der Waals surface area contributed by atoms with Crippen LogP contribution in [0.2, 0.25) is 0 Å². The Bertz CT molecular complexity index is 295. The summed E-state index contributed by atoms with van der Waals surface area (Å²) in [5, 5.41) is 3.84. The predicted molar refractivity (Wildman–Crippen MR) is 85.0 cm³/mol. The molecule has 2 fully saturated rings. The summed E-state index contributed by atoms with van der Waals surface area (Å²) in [4.78, 5) is 12.4.